The highest BCUT2D eigenvalue weighted by Gasteiger charge is 2.25. The second-order valence-electron chi connectivity index (χ2n) is 4.17. The summed E-state index contributed by atoms with van der Waals surface area (Å²) in [6.45, 7) is 7.37. The second-order valence-corrected chi connectivity index (χ2v) is 4.17. The molecule has 0 N–H and O–H groups in total. The van der Waals surface area contributed by atoms with Crippen LogP contribution in [0, 0.1) is 0 Å². The summed E-state index contributed by atoms with van der Waals surface area (Å²) in [7, 11) is 2.17. The van der Waals surface area contributed by atoms with E-state index in [0.717, 1.165) is 19.6 Å². The van der Waals surface area contributed by atoms with Gasteiger partial charge in [0.2, 0.25) is 0 Å². The molecule has 2 atom stereocenters. The lowest BCUT2D eigenvalue weighted by atomic mass is 10.1. The van der Waals surface area contributed by atoms with E-state index in [1.807, 2.05) is 0 Å². The lowest BCUT2D eigenvalue weighted by Gasteiger charge is -2.42. The topological polar surface area (TPSA) is 6.48 Å². The molecule has 0 radical (unpaired) electrons. The standard InChI is InChI=1S/C10H21FN2/c1-9-7-13(6-4-5-11)8-10(2)12(9)3/h9-10H,4-8H2,1-3H3/t9-,10+. The average molecular weight is 188 g/mol. The van der Waals surface area contributed by atoms with Crippen molar-refractivity contribution in [1.82, 2.24) is 9.80 Å². The number of alkyl halides is 1. The third-order valence-corrected chi connectivity index (χ3v) is 3.04. The molecule has 13 heavy (non-hydrogen) atoms. The van der Waals surface area contributed by atoms with E-state index in [1.54, 1.807) is 0 Å². The Bertz CT molecular complexity index is 140. The Kier molecular flexibility index (Phi) is 4.13. The van der Waals surface area contributed by atoms with Gasteiger partial charge in [0.05, 0.1) is 6.67 Å². The molecule has 0 aromatic heterocycles. The van der Waals surface area contributed by atoms with E-state index in [9.17, 15) is 4.39 Å². The molecule has 1 aliphatic rings. The van der Waals surface area contributed by atoms with E-state index in [1.165, 1.54) is 0 Å². The molecule has 0 bridgehead atoms. The number of halogens is 1. The predicted octanol–water partition coefficient (Wildman–Crippen LogP) is 1.37. The zero-order valence-corrected chi connectivity index (χ0v) is 8.96. The van der Waals surface area contributed by atoms with Crippen LogP contribution in [0.1, 0.15) is 20.3 Å². The Morgan fingerprint density at radius 1 is 1.23 bits per heavy atom. The Labute approximate surface area is 80.7 Å². The van der Waals surface area contributed by atoms with Crippen LogP contribution in [-0.4, -0.2) is 55.2 Å². The SMILES string of the molecule is C[C@@H]1CN(CCCF)C[C@H](C)N1C. The van der Waals surface area contributed by atoms with Gasteiger partial charge in [-0.25, -0.2) is 0 Å². The van der Waals surface area contributed by atoms with Crippen molar-refractivity contribution in [2.24, 2.45) is 0 Å². The number of hydrogen-bond acceptors (Lipinski definition) is 2. The minimum absolute atomic E-state index is 0.185. The largest absolute Gasteiger partial charge is 0.300 e. The van der Waals surface area contributed by atoms with Crippen molar-refractivity contribution in [2.45, 2.75) is 32.4 Å². The second kappa shape index (κ2) is 4.91. The molecule has 0 aliphatic carbocycles. The van der Waals surface area contributed by atoms with Crippen LogP contribution in [0.2, 0.25) is 0 Å². The maximum atomic E-state index is 12.0. The van der Waals surface area contributed by atoms with Crippen LogP contribution in [0.3, 0.4) is 0 Å². The van der Waals surface area contributed by atoms with Gasteiger partial charge in [-0.2, -0.15) is 0 Å². The van der Waals surface area contributed by atoms with Gasteiger partial charge in [-0.3, -0.25) is 9.29 Å². The number of rotatable bonds is 3. The highest BCUT2D eigenvalue weighted by molar-refractivity contribution is 4.82. The lowest BCUT2D eigenvalue weighted by molar-refractivity contribution is 0.0584. The number of nitrogens with zero attached hydrogens (tertiary/aromatic N) is 2. The molecule has 1 saturated heterocycles. The van der Waals surface area contributed by atoms with Gasteiger partial charge in [-0.1, -0.05) is 0 Å². The number of likely N-dealkylation sites (N-methyl/N-ethyl adjacent to an activating group) is 1. The van der Waals surface area contributed by atoms with Gasteiger partial charge >= 0.3 is 0 Å². The first-order valence-electron chi connectivity index (χ1n) is 5.15. The quantitative estimate of drug-likeness (QED) is 0.660. The van der Waals surface area contributed by atoms with E-state index in [-0.39, 0.29) is 6.67 Å². The van der Waals surface area contributed by atoms with Crippen molar-refractivity contribution in [1.29, 1.82) is 0 Å². The van der Waals surface area contributed by atoms with Gasteiger partial charge < -0.3 is 4.90 Å². The molecule has 0 unspecified atom stereocenters. The molecule has 0 saturated carbocycles. The minimum Gasteiger partial charge on any atom is -0.300 e. The summed E-state index contributed by atoms with van der Waals surface area (Å²) in [4.78, 5) is 4.76. The fourth-order valence-electron chi connectivity index (χ4n) is 1.98. The predicted molar refractivity (Wildman–Crippen MR) is 53.7 cm³/mol. The third-order valence-electron chi connectivity index (χ3n) is 3.04. The van der Waals surface area contributed by atoms with Gasteiger partial charge in [0.25, 0.3) is 0 Å². The van der Waals surface area contributed by atoms with E-state index in [0.29, 0.717) is 18.5 Å². The van der Waals surface area contributed by atoms with Crippen molar-refractivity contribution < 1.29 is 4.39 Å². The molecule has 0 spiro atoms. The first-order valence-corrected chi connectivity index (χ1v) is 5.15. The Hall–Kier alpha value is -0.150. The van der Waals surface area contributed by atoms with E-state index < -0.39 is 0 Å². The van der Waals surface area contributed by atoms with Crippen molar-refractivity contribution in [3.63, 3.8) is 0 Å². The third kappa shape index (κ3) is 2.92. The van der Waals surface area contributed by atoms with Crippen LogP contribution in [0.4, 0.5) is 4.39 Å². The van der Waals surface area contributed by atoms with Gasteiger partial charge in [-0.05, 0) is 27.3 Å². The maximum absolute atomic E-state index is 12.0. The number of piperazine rings is 1. The van der Waals surface area contributed by atoms with Crippen molar-refractivity contribution in [3.05, 3.63) is 0 Å². The molecule has 1 rings (SSSR count). The number of hydrogen-bond donors (Lipinski definition) is 0. The normalized spacial score (nSPS) is 32.3. The van der Waals surface area contributed by atoms with E-state index in [2.05, 4.69) is 30.7 Å². The van der Waals surface area contributed by atoms with Crippen LogP contribution >= 0.6 is 0 Å². The Morgan fingerprint density at radius 3 is 2.23 bits per heavy atom. The molecule has 0 aromatic carbocycles. The fourth-order valence-corrected chi connectivity index (χ4v) is 1.98. The van der Waals surface area contributed by atoms with Gasteiger partial charge in [-0.15, -0.1) is 0 Å². The first kappa shape index (κ1) is 10.9. The lowest BCUT2D eigenvalue weighted by Crippen LogP contribution is -2.54. The molecule has 1 fully saturated rings. The molecule has 0 amide bonds. The summed E-state index contributed by atoms with van der Waals surface area (Å²) in [6, 6.07) is 1.20. The highest BCUT2D eigenvalue weighted by Crippen LogP contribution is 2.13. The van der Waals surface area contributed by atoms with Crippen molar-refractivity contribution >= 4 is 0 Å². The van der Waals surface area contributed by atoms with Crippen molar-refractivity contribution in [3.8, 4) is 0 Å². The van der Waals surface area contributed by atoms with Crippen LogP contribution in [-0.2, 0) is 0 Å². The van der Waals surface area contributed by atoms with Gasteiger partial charge in [0, 0.05) is 31.7 Å². The average Bonchev–Trinajstić information content (AvgIpc) is 2.10. The van der Waals surface area contributed by atoms with Crippen molar-refractivity contribution in [2.75, 3.05) is 33.4 Å². The van der Waals surface area contributed by atoms with Gasteiger partial charge in [0.15, 0.2) is 0 Å². The Morgan fingerprint density at radius 2 is 1.77 bits per heavy atom. The molecule has 1 aliphatic heterocycles. The summed E-state index contributed by atoms with van der Waals surface area (Å²) in [5.41, 5.74) is 0. The summed E-state index contributed by atoms with van der Waals surface area (Å²) in [5, 5.41) is 0. The first-order chi connectivity index (χ1) is 6.15. The van der Waals surface area contributed by atoms with Crippen LogP contribution in [0.5, 0.6) is 0 Å². The fraction of sp³-hybridized carbons (Fsp3) is 1.00. The van der Waals surface area contributed by atoms with E-state index in [4.69, 9.17) is 0 Å². The molecule has 78 valence electrons. The summed E-state index contributed by atoms with van der Waals surface area (Å²) in [6.07, 6.45) is 0.684. The van der Waals surface area contributed by atoms with Crippen LogP contribution in [0.15, 0.2) is 0 Å². The Balaban J connectivity index is 2.35. The van der Waals surface area contributed by atoms with E-state index >= 15 is 0 Å². The molecule has 2 nitrogen and oxygen atoms in total. The summed E-state index contributed by atoms with van der Waals surface area (Å²) in [5.74, 6) is 0. The van der Waals surface area contributed by atoms with Crippen LogP contribution in [0.25, 0.3) is 0 Å². The van der Waals surface area contributed by atoms with Crippen LogP contribution < -0.4 is 0 Å². The molecular weight excluding hydrogens is 167 g/mol. The summed E-state index contributed by atoms with van der Waals surface area (Å²) < 4.78 is 12.0. The maximum Gasteiger partial charge on any atom is 0.0906 e. The molecule has 0 aromatic rings. The van der Waals surface area contributed by atoms with Gasteiger partial charge in [0.1, 0.15) is 0 Å². The molecule has 3 heteroatoms. The highest BCUT2D eigenvalue weighted by atomic mass is 19.1. The molecule has 1 heterocycles. The zero-order valence-electron chi connectivity index (χ0n) is 8.96. The monoisotopic (exact) mass is 188 g/mol. The zero-order chi connectivity index (χ0) is 9.84. The minimum atomic E-state index is -0.185. The smallest absolute Gasteiger partial charge is 0.0906 e. The molecular formula is C10H21FN2. The summed E-state index contributed by atoms with van der Waals surface area (Å²) >= 11 is 0.